The molecule has 4 rings (SSSR count). The summed E-state index contributed by atoms with van der Waals surface area (Å²) in [6.45, 7) is 2.02. The number of nitrogens with zero attached hydrogens (tertiary/aromatic N) is 1. The van der Waals surface area contributed by atoms with Gasteiger partial charge in [0.1, 0.15) is 0 Å². The van der Waals surface area contributed by atoms with E-state index >= 15 is 0 Å². The topological polar surface area (TPSA) is 85.1 Å². The van der Waals surface area contributed by atoms with Crippen molar-refractivity contribution in [3.05, 3.63) is 95.6 Å². The summed E-state index contributed by atoms with van der Waals surface area (Å²) in [4.78, 5) is 29.1. The van der Waals surface area contributed by atoms with Gasteiger partial charge in [0.05, 0.1) is 16.8 Å². The molecule has 1 heterocycles. The molecule has 0 bridgehead atoms. The Morgan fingerprint density at radius 2 is 1.59 bits per heavy atom. The van der Waals surface area contributed by atoms with Gasteiger partial charge >= 0.3 is 0 Å². The van der Waals surface area contributed by atoms with E-state index in [0.29, 0.717) is 16.8 Å². The van der Waals surface area contributed by atoms with Gasteiger partial charge in [-0.15, -0.1) is 0 Å². The van der Waals surface area contributed by atoms with Gasteiger partial charge in [-0.05, 0) is 48.9 Å². The number of carbonyl (C=O) groups excluding carboxylic acids is 2. The summed E-state index contributed by atoms with van der Waals surface area (Å²) in [5.74, 6) is -0.754. The van der Waals surface area contributed by atoms with Crippen LogP contribution in [0.2, 0.25) is 0 Å². The van der Waals surface area contributed by atoms with Crippen molar-refractivity contribution in [1.82, 2.24) is 4.98 Å². The molecule has 0 radical (unpaired) electrons. The summed E-state index contributed by atoms with van der Waals surface area (Å²) in [7, 11) is 0. The van der Waals surface area contributed by atoms with Crippen LogP contribution in [0, 0.1) is 6.92 Å². The monoisotopic (exact) mass is 381 g/mol. The number of para-hydroxylation sites is 1. The average Bonchev–Trinajstić information content (AvgIpc) is 2.73. The standard InChI is InChI=1S/C24H19N3O2/c1-15-6-2-3-7-18(15)22-14-20(19-8-4-5-9-21(19)27-22)24(29)26-17-12-10-16(11-13-17)23(25)28/h2-14H,1H3,(H2,25,28)(H,26,29). The molecule has 5 heteroatoms. The molecular weight excluding hydrogens is 362 g/mol. The number of aryl methyl sites for hydroxylation is 1. The molecule has 0 fully saturated rings. The van der Waals surface area contributed by atoms with Gasteiger partial charge in [0, 0.05) is 22.2 Å². The summed E-state index contributed by atoms with van der Waals surface area (Å²) < 4.78 is 0. The highest BCUT2D eigenvalue weighted by atomic mass is 16.2. The number of primary amides is 1. The lowest BCUT2D eigenvalue weighted by molar-refractivity contribution is 0.0998. The van der Waals surface area contributed by atoms with Gasteiger partial charge < -0.3 is 11.1 Å². The summed E-state index contributed by atoms with van der Waals surface area (Å²) >= 11 is 0. The van der Waals surface area contributed by atoms with Crippen molar-refractivity contribution < 1.29 is 9.59 Å². The lowest BCUT2D eigenvalue weighted by atomic mass is 10.0. The minimum absolute atomic E-state index is 0.245. The van der Waals surface area contributed by atoms with E-state index in [2.05, 4.69) is 5.32 Å². The fourth-order valence-electron chi connectivity index (χ4n) is 3.28. The SMILES string of the molecule is Cc1ccccc1-c1cc(C(=O)Nc2ccc(C(N)=O)cc2)c2ccccc2n1. The molecule has 0 saturated carbocycles. The molecular formula is C24H19N3O2. The molecule has 3 aromatic carbocycles. The van der Waals surface area contributed by atoms with Crippen molar-refractivity contribution in [2.24, 2.45) is 5.73 Å². The third-order valence-corrected chi connectivity index (χ3v) is 4.81. The summed E-state index contributed by atoms with van der Waals surface area (Å²) in [6.07, 6.45) is 0. The molecule has 5 nitrogen and oxygen atoms in total. The number of anilines is 1. The predicted octanol–water partition coefficient (Wildman–Crippen LogP) is 4.56. The first-order chi connectivity index (χ1) is 14.0. The Morgan fingerprint density at radius 3 is 2.31 bits per heavy atom. The number of aromatic nitrogens is 1. The van der Waals surface area contributed by atoms with Gasteiger partial charge in [0.25, 0.3) is 5.91 Å². The Hall–Kier alpha value is -3.99. The largest absolute Gasteiger partial charge is 0.366 e. The normalized spacial score (nSPS) is 10.7. The van der Waals surface area contributed by atoms with E-state index in [0.717, 1.165) is 27.7 Å². The number of nitrogens with one attached hydrogen (secondary N) is 1. The van der Waals surface area contributed by atoms with Gasteiger partial charge in [0.15, 0.2) is 0 Å². The molecule has 0 atom stereocenters. The zero-order chi connectivity index (χ0) is 20.4. The highest BCUT2D eigenvalue weighted by Gasteiger charge is 2.15. The van der Waals surface area contributed by atoms with Crippen LogP contribution in [0.4, 0.5) is 5.69 Å². The van der Waals surface area contributed by atoms with Crippen molar-refractivity contribution in [3.63, 3.8) is 0 Å². The van der Waals surface area contributed by atoms with Crippen LogP contribution in [0.25, 0.3) is 22.2 Å². The fraction of sp³-hybridized carbons (Fsp3) is 0.0417. The van der Waals surface area contributed by atoms with Crippen LogP contribution in [0.1, 0.15) is 26.3 Å². The van der Waals surface area contributed by atoms with Gasteiger partial charge in [-0.3, -0.25) is 9.59 Å². The molecule has 2 amide bonds. The van der Waals surface area contributed by atoms with Crippen LogP contribution in [0.15, 0.2) is 78.9 Å². The second-order valence-electron chi connectivity index (χ2n) is 6.78. The molecule has 0 aliphatic rings. The highest BCUT2D eigenvalue weighted by Crippen LogP contribution is 2.27. The summed E-state index contributed by atoms with van der Waals surface area (Å²) in [6, 6.07) is 23.8. The Balaban J connectivity index is 1.76. The number of benzene rings is 3. The van der Waals surface area contributed by atoms with Crippen molar-refractivity contribution >= 4 is 28.4 Å². The zero-order valence-electron chi connectivity index (χ0n) is 15.8. The second-order valence-corrected chi connectivity index (χ2v) is 6.78. The zero-order valence-corrected chi connectivity index (χ0v) is 15.8. The number of fused-ring (bicyclic) bond motifs is 1. The molecule has 1 aromatic heterocycles. The van der Waals surface area contributed by atoms with E-state index in [4.69, 9.17) is 10.7 Å². The van der Waals surface area contributed by atoms with Crippen LogP contribution in [-0.2, 0) is 0 Å². The predicted molar refractivity (Wildman–Crippen MR) is 115 cm³/mol. The number of nitrogens with two attached hydrogens (primary N) is 1. The lowest BCUT2D eigenvalue weighted by Gasteiger charge is -2.12. The molecule has 0 saturated heterocycles. The maximum atomic E-state index is 13.1. The van der Waals surface area contributed by atoms with E-state index in [1.165, 1.54) is 0 Å². The third kappa shape index (κ3) is 3.71. The molecule has 0 aliphatic heterocycles. The van der Waals surface area contributed by atoms with Gasteiger partial charge in [-0.2, -0.15) is 0 Å². The van der Waals surface area contributed by atoms with Crippen LogP contribution in [-0.4, -0.2) is 16.8 Å². The summed E-state index contributed by atoms with van der Waals surface area (Å²) in [5.41, 5.74) is 10.3. The van der Waals surface area contributed by atoms with Crippen LogP contribution in [0.5, 0.6) is 0 Å². The molecule has 142 valence electrons. The van der Waals surface area contributed by atoms with E-state index < -0.39 is 5.91 Å². The number of hydrogen-bond acceptors (Lipinski definition) is 3. The van der Waals surface area contributed by atoms with Gasteiger partial charge in [-0.25, -0.2) is 4.98 Å². The average molecular weight is 381 g/mol. The second kappa shape index (κ2) is 7.56. The molecule has 3 N–H and O–H groups in total. The van der Waals surface area contributed by atoms with Crippen molar-refractivity contribution in [2.45, 2.75) is 6.92 Å². The van der Waals surface area contributed by atoms with E-state index in [-0.39, 0.29) is 5.91 Å². The first-order valence-electron chi connectivity index (χ1n) is 9.20. The Morgan fingerprint density at radius 1 is 0.897 bits per heavy atom. The maximum absolute atomic E-state index is 13.1. The minimum atomic E-state index is -0.508. The van der Waals surface area contributed by atoms with Crippen molar-refractivity contribution in [3.8, 4) is 11.3 Å². The highest BCUT2D eigenvalue weighted by molar-refractivity contribution is 6.13. The number of pyridine rings is 1. The molecule has 0 spiro atoms. The number of hydrogen-bond donors (Lipinski definition) is 2. The molecule has 0 unspecified atom stereocenters. The van der Waals surface area contributed by atoms with E-state index in [9.17, 15) is 9.59 Å². The maximum Gasteiger partial charge on any atom is 0.256 e. The van der Waals surface area contributed by atoms with Crippen LogP contribution < -0.4 is 11.1 Å². The van der Waals surface area contributed by atoms with Crippen LogP contribution >= 0.6 is 0 Å². The number of rotatable bonds is 4. The Kier molecular flexibility index (Phi) is 4.79. The Bertz CT molecular complexity index is 1230. The molecule has 4 aromatic rings. The quantitative estimate of drug-likeness (QED) is 0.543. The fourth-order valence-corrected chi connectivity index (χ4v) is 3.28. The molecule has 29 heavy (non-hydrogen) atoms. The van der Waals surface area contributed by atoms with Crippen molar-refractivity contribution in [1.29, 1.82) is 0 Å². The van der Waals surface area contributed by atoms with Crippen molar-refractivity contribution in [2.75, 3.05) is 5.32 Å². The smallest absolute Gasteiger partial charge is 0.256 e. The first kappa shape index (κ1) is 18.4. The molecule has 0 aliphatic carbocycles. The van der Waals surface area contributed by atoms with Crippen LogP contribution in [0.3, 0.4) is 0 Å². The van der Waals surface area contributed by atoms with Gasteiger partial charge in [0.2, 0.25) is 5.91 Å². The van der Waals surface area contributed by atoms with E-state index in [1.807, 2.05) is 61.5 Å². The first-order valence-corrected chi connectivity index (χ1v) is 9.20. The minimum Gasteiger partial charge on any atom is -0.366 e. The third-order valence-electron chi connectivity index (χ3n) is 4.81. The number of amides is 2. The van der Waals surface area contributed by atoms with Gasteiger partial charge in [-0.1, -0.05) is 42.5 Å². The lowest BCUT2D eigenvalue weighted by Crippen LogP contribution is -2.14. The summed E-state index contributed by atoms with van der Waals surface area (Å²) in [5, 5.41) is 3.67. The Labute approximate surface area is 168 Å². The number of carbonyl (C=O) groups is 2. The van der Waals surface area contributed by atoms with E-state index in [1.54, 1.807) is 24.3 Å².